The summed E-state index contributed by atoms with van der Waals surface area (Å²) in [6, 6.07) is 5.47. The first-order valence-electron chi connectivity index (χ1n) is 6.49. The Labute approximate surface area is 127 Å². The zero-order valence-corrected chi connectivity index (χ0v) is 13.2. The quantitative estimate of drug-likeness (QED) is 0.894. The summed E-state index contributed by atoms with van der Waals surface area (Å²) in [6.07, 6.45) is 2.09. The van der Waals surface area contributed by atoms with E-state index in [1.807, 2.05) is 17.9 Å². The molecule has 0 unspecified atom stereocenters. The SMILES string of the molecule is C[C@@H](N)[C@@H]1CCCN(C(=O)c2cc(Br)ccc2Cl)C1. The van der Waals surface area contributed by atoms with E-state index < -0.39 is 0 Å². The zero-order chi connectivity index (χ0) is 14.0. The topological polar surface area (TPSA) is 46.3 Å². The number of piperidine rings is 1. The van der Waals surface area contributed by atoms with Crippen LogP contribution in [-0.4, -0.2) is 29.9 Å². The van der Waals surface area contributed by atoms with Crippen molar-refractivity contribution in [3.8, 4) is 0 Å². The molecule has 1 saturated heterocycles. The Bertz CT molecular complexity index is 479. The van der Waals surface area contributed by atoms with Gasteiger partial charge in [0.25, 0.3) is 5.91 Å². The van der Waals surface area contributed by atoms with Gasteiger partial charge >= 0.3 is 0 Å². The fourth-order valence-corrected chi connectivity index (χ4v) is 3.01. The second-order valence-corrected chi connectivity index (χ2v) is 6.46. The average Bonchev–Trinajstić information content (AvgIpc) is 2.41. The van der Waals surface area contributed by atoms with Crippen molar-refractivity contribution >= 4 is 33.4 Å². The average molecular weight is 346 g/mol. The van der Waals surface area contributed by atoms with E-state index in [2.05, 4.69) is 15.9 Å². The first-order chi connectivity index (χ1) is 8.99. The molecular formula is C14H18BrClN2O. The minimum atomic E-state index is -0.00310. The lowest BCUT2D eigenvalue weighted by molar-refractivity contribution is 0.0661. The predicted molar refractivity (Wildman–Crippen MR) is 81.4 cm³/mol. The van der Waals surface area contributed by atoms with Gasteiger partial charge in [0, 0.05) is 23.6 Å². The lowest BCUT2D eigenvalue weighted by atomic mass is 9.92. The van der Waals surface area contributed by atoms with Crippen LogP contribution in [0.5, 0.6) is 0 Å². The molecule has 19 heavy (non-hydrogen) atoms. The highest BCUT2D eigenvalue weighted by molar-refractivity contribution is 9.10. The molecule has 0 aromatic heterocycles. The molecule has 1 aromatic carbocycles. The van der Waals surface area contributed by atoms with Crippen LogP contribution in [0.25, 0.3) is 0 Å². The molecule has 1 aliphatic rings. The van der Waals surface area contributed by atoms with E-state index in [0.29, 0.717) is 16.5 Å². The van der Waals surface area contributed by atoms with Crippen LogP contribution in [0.1, 0.15) is 30.1 Å². The van der Waals surface area contributed by atoms with Crippen molar-refractivity contribution < 1.29 is 4.79 Å². The number of halogens is 2. The molecule has 1 aromatic rings. The summed E-state index contributed by atoms with van der Waals surface area (Å²) in [7, 11) is 0. The second kappa shape index (κ2) is 6.25. The molecule has 1 amide bonds. The normalized spacial score (nSPS) is 21.3. The van der Waals surface area contributed by atoms with Crippen LogP contribution in [0, 0.1) is 5.92 Å². The molecule has 1 fully saturated rings. The van der Waals surface area contributed by atoms with Crippen molar-refractivity contribution in [2.24, 2.45) is 11.7 Å². The van der Waals surface area contributed by atoms with E-state index in [1.165, 1.54) is 0 Å². The highest BCUT2D eigenvalue weighted by Gasteiger charge is 2.27. The van der Waals surface area contributed by atoms with Gasteiger partial charge in [0.2, 0.25) is 0 Å². The summed E-state index contributed by atoms with van der Waals surface area (Å²) in [5, 5.41) is 0.496. The number of hydrogen-bond donors (Lipinski definition) is 1. The Morgan fingerprint density at radius 2 is 2.32 bits per heavy atom. The van der Waals surface area contributed by atoms with Gasteiger partial charge in [0.05, 0.1) is 10.6 Å². The maximum Gasteiger partial charge on any atom is 0.255 e. The Morgan fingerprint density at radius 3 is 3.00 bits per heavy atom. The number of nitrogens with zero attached hydrogens (tertiary/aromatic N) is 1. The molecule has 0 saturated carbocycles. The molecule has 1 aliphatic heterocycles. The highest BCUT2D eigenvalue weighted by atomic mass is 79.9. The largest absolute Gasteiger partial charge is 0.338 e. The fraction of sp³-hybridized carbons (Fsp3) is 0.500. The molecule has 0 spiro atoms. The molecule has 2 atom stereocenters. The summed E-state index contributed by atoms with van der Waals surface area (Å²) in [4.78, 5) is 14.4. The molecule has 5 heteroatoms. The standard InChI is InChI=1S/C14H18BrClN2O/c1-9(17)10-3-2-6-18(8-10)14(19)12-7-11(15)4-5-13(12)16/h4-5,7,9-10H,2-3,6,8,17H2,1H3/t9-,10-/m1/s1. The van der Waals surface area contributed by atoms with Crippen LogP contribution < -0.4 is 5.73 Å². The summed E-state index contributed by atoms with van der Waals surface area (Å²) in [6.45, 7) is 3.51. The second-order valence-electron chi connectivity index (χ2n) is 5.14. The maximum absolute atomic E-state index is 12.5. The molecule has 2 N–H and O–H groups in total. The van der Waals surface area contributed by atoms with Crippen molar-refractivity contribution in [2.45, 2.75) is 25.8 Å². The Balaban J connectivity index is 2.17. The van der Waals surface area contributed by atoms with E-state index >= 15 is 0 Å². The van der Waals surface area contributed by atoms with Crippen molar-refractivity contribution in [3.63, 3.8) is 0 Å². The number of nitrogens with two attached hydrogens (primary N) is 1. The van der Waals surface area contributed by atoms with Crippen LogP contribution in [0.4, 0.5) is 0 Å². The zero-order valence-electron chi connectivity index (χ0n) is 10.9. The highest BCUT2D eigenvalue weighted by Crippen LogP contribution is 2.25. The van der Waals surface area contributed by atoms with Crippen molar-refractivity contribution in [3.05, 3.63) is 33.3 Å². The van der Waals surface area contributed by atoms with Crippen LogP contribution in [0.3, 0.4) is 0 Å². The molecule has 3 nitrogen and oxygen atoms in total. The van der Waals surface area contributed by atoms with E-state index in [-0.39, 0.29) is 11.9 Å². The number of hydrogen-bond acceptors (Lipinski definition) is 2. The lowest BCUT2D eigenvalue weighted by Crippen LogP contribution is -2.45. The van der Waals surface area contributed by atoms with E-state index in [1.54, 1.807) is 12.1 Å². The van der Waals surface area contributed by atoms with Crippen LogP contribution in [0.2, 0.25) is 5.02 Å². The van der Waals surface area contributed by atoms with Crippen LogP contribution >= 0.6 is 27.5 Å². The van der Waals surface area contributed by atoms with Gasteiger partial charge < -0.3 is 10.6 Å². The molecule has 1 heterocycles. The van der Waals surface area contributed by atoms with E-state index in [4.69, 9.17) is 17.3 Å². The third-order valence-corrected chi connectivity index (χ3v) is 4.47. The molecular weight excluding hydrogens is 328 g/mol. The van der Waals surface area contributed by atoms with Gasteiger partial charge in [-0.2, -0.15) is 0 Å². The van der Waals surface area contributed by atoms with Gasteiger partial charge in [-0.3, -0.25) is 4.79 Å². The molecule has 0 aliphatic carbocycles. The number of amides is 1. The number of benzene rings is 1. The van der Waals surface area contributed by atoms with Gasteiger partial charge in [-0.15, -0.1) is 0 Å². The summed E-state index contributed by atoms with van der Waals surface area (Å²) in [5.41, 5.74) is 6.51. The number of likely N-dealkylation sites (tertiary alicyclic amines) is 1. The van der Waals surface area contributed by atoms with E-state index in [0.717, 1.165) is 30.4 Å². The predicted octanol–water partition coefficient (Wildman–Crippen LogP) is 3.30. The third kappa shape index (κ3) is 3.50. The van der Waals surface area contributed by atoms with Gasteiger partial charge in [-0.25, -0.2) is 0 Å². The Kier molecular flexibility index (Phi) is 4.87. The molecule has 0 bridgehead atoms. The monoisotopic (exact) mass is 344 g/mol. The Hall–Kier alpha value is -0.580. The van der Waals surface area contributed by atoms with Crippen molar-refractivity contribution in [1.29, 1.82) is 0 Å². The summed E-state index contributed by atoms with van der Waals surface area (Å²) < 4.78 is 0.862. The smallest absolute Gasteiger partial charge is 0.255 e. The van der Waals surface area contributed by atoms with Crippen LogP contribution in [-0.2, 0) is 0 Å². The third-order valence-electron chi connectivity index (χ3n) is 3.65. The fourth-order valence-electron chi connectivity index (χ4n) is 2.46. The molecule has 0 radical (unpaired) electrons. The van der Waals surface area contributed by atoms with Gasteiger partial charge in [0.15, 0.2) is 0 Å². The lowest BCUT2D eigenvalue weighted by Gasteiger charge is -2.34. The van der Waals surface area contributed by atoms with Crippen molar-refractivity contribution in [2.75, 3.05) is 13.1 Å². The van der Waals surface area contributed by atoms with Gasteiger partial charge in [0.1, 0.15) is 0 Å². The molecule has 104 valence electrons. The van der Waals surface area contributed by atoms with Crippen molar-refractivity contribution in [1.82, 2.24) is 4.90 Å². The minimum absolute atomic E-state index is 0.00310. The number of rotatable bonds is 2. The van der Waals surface area contributed by atoms with Gasteiger partial charge in [-0.1, -0.05) is 27.5 Å². The van der Waals surface area contributed by atoms with Crippen LogP contribution in [0.15, 0.2) is 22.7 Å². The number of carbonyl (C=O) groups excluding carboxylic acids is 1. The number of carbonyl (C=O) groups is 1. The van der Waals surface area contributed by atoms with E-state index in [9.17, 15) is 4.79 Å². The molecule has 2 rings (SSSR count). The minimum Gasteiger partial charge on any atom is -0.338 e. The van der Waals surface area contributed by atoms with Gasteiger partial charge in [-0.05, 0) is 43.9 Å². The first kappa shape index (κ1) is 14.8. The summed E-state index contributed by atoms with van der Waals surface area (Å²) >= 11 is 9.49. The maximum atomic E-state index is 12.5. The first-order valence-corrected chi connectivity index (χ1v) is 7.66. The summed E-state index contributed by atoms with van der Waals surface area (Å²) in [5.74, 6) is 0.375. The Morgan fingerprint density at radius 1 is 1.58 bits per heavy atom.